The molecule has 0 saturated heterocycles. The zero-order valence-corrected chi connectivity index (χ0v) is 11.6. The van der Waals surface area contributed by atoms with Gasteiger partial charge in [0, 0.05) is 22.8 Å². The smallest absolute Gasteiger partial charge is 0.308 e. The van der Waals surface area contributed by atoms with Crippen molar-refractivity contribution in [1.29, 1.82) is 0 Å². The molecular weight excluding hydrogens is 234 g/mol. The zero-order chi connectivity index (χ0) is 12.9. The molecule has 4 heteroatoms. The number of thiophene rings is 1. The molecule has 0 spiro atoms. The van der Waals surface area contributed by atoms with Crippen LogP contribution in [-0.4, -0.2) is 17.6 Å². The summed E-state index contributed by atoms with van der Waals surface area (Å²) in [5.74, 6) is -0.765. The molecule has 0 aliphatic rings. The van der Waals surface area contributed by atoms with Crippen LogP contribution >= 0.6 is 11.3 Å². The third-order valence-corrected chi connectivity index (χ3v) is 3.99. The first-order valence-corrected chi connectivity index (χ1v) is 6.75. The van der Waals surface area contributed by atoms with Crippen molar-refractivity contribution >= 4 is 17.3 Å². The maximum atomic E-state index is 10.6. The minimum atomic E-state index is -0.765. The molecule has 0 atom stereocenters. The number of carboxylic acids is 1. The monoisotopic (exact) mass is 255 g/mol. The average molecular weight is 255 g/mol. The molecule has 0 bridgehead atoms. The van der Waals surface area contributed by atoms with Gasteiger partial charge in [-0.1, -0.05) is 20.8 Å². The second kappa shape index (κ2) is 6.17. The van der Waals surface area contributed by atoms with E-state index >= 15 is 0 Å². The molecule has 96 valence electrons. The van der Waals surface area contributed by atoms with E-state index in [1.165, 1.54) is 4.88 Å². The van der Waals surface area contributed by atoms with E-state index in [0.717, 1.165) is 24.4 Å². The number of nitrogens with one attached hydrogen (secondary N) is 1. The zero-order valence-electron chi connectivity index (χ0n) is 10.7. The third-order valence-electron chi connectivity index (χ3n) is 2.90. The average Bonchev–Trinajstić information content (AvgIpc) is 2.64. The minimum Gasteiger partial charge on any atom is -0.481 e. The van der Waals surface area contributed by atoms with Gasteiger partial charge in [-0.25, -0.2) is 0 Å². The molecule has 0 amide bonds. The largest absolute Gasteiger partial charge is 0.481 e. The van der Waals surface area contributed by atoms with Crippen LogP contribution in [0.1, 0.15) is 36.9 Å². The molecule has 3 nitrogen and oxygen atoms in total. The van der Waals surface area contributed by atoms with Crippen molar-refractivity contribution in [3.05, 3.63) is 21.9 Å². The van der Waals surface area contributed by atoms with Crippen LogP contribution in [0.5, 0.6) is 0 Å². The van der Waals surface area contributed by atoms with E-state index in [9.17, 15) is 4.79 Å². The molecule has 0 radical (unpaired) electrons. The number of hydrogen-bond acceptors (Lipinski definition) is 3. The normalized spacial score (nSPS) is 11.7. The Balaban J connectivity index is 2.37. The van der Waals surface area contributed by atoms with Gasteiger partial charge in [0.05, 0.1) is 6.42 Å². The maximum absolute atomic E-state index is 10.6. The Morgan fingerprint density at radius 1 is 1.41 bits per heavy atom. The van der Waals surface area contributed by atoms with Crippen LogP contribution in [0.2, 0.25) is 0 Å². The van der Waals surface area contributed by atoms with Crippen LogP contribution in [0, 0.1) is 5.41 Å². The number of hydrogen-bond donors (Lipinski definition) is 2. The Bertz CT molecular complexity index is 371. The fourth-order valence-corrected chi connectivity index (χ4v) is 2.39. The minimum absolute atomic E-state index is 0.130. The summed E-state index contributed by atoms with van der Waals surface area (Å²) < 4.78 is 0. The van der Waals surface area contributed by atoms with Crippen LogP contribution in [0.4, 0.5) is 0 Å². The summed E-state index contributed by atoms with van der Waals surface area (Å²) in [5, 5.41) is 12.1. The van der Waals surface area contributed by atoms with Crippen molar-refractivity contribution in [3.8, 4) is 0 Å². The summed E-state index contributed by atoms with van der Waals surface area (Å²) in [6.45, 7) is 8.48. The SMILES string of the molecule is CCC(C)(C)CNCc1ccc(CC(=O)O)s1. The lowest BCUT2D eigenvalue weighted by Gasteiger charge is -2.22. The Morgan fingerprint density at radius 3 is 2.65 bits per heavy atom. The number of aliphatic carboxylic acids is 1. The van der Waals surface area contributed by atoms with Crippen LogP contribution in [-0.2, 0) is 17.8 Å². The molecule has 0 unspecified atom stereocenters. The van der Waals surface area contributed by atoms with Crippen molar-refractivity contribution in [1.82, 2.24) is 5.32 Å². The fraction of sp³-hybridized carbons (Fsp3) is 0.615. The van der Waals surface area contributed by atoms with Crippen molar-refractivity contribution < 1.29 is 9.90 Å². The third kappa shape index (κ3) is 5.33. The van der Waals surface area contributed by atoms with E-state index in [0.29, 0.717) is 5.41 Å². The second-order valence-corrected chi connectivity index (χ2v) is 6.31. The van der Waals surface area contributed by atoms with E-state index < -0.39 is 5.97 Å². The Morgan fingerprint density at radius 2 is 2.06 bits per heavy atom. The molecule has 2 N–H and O–H groups in total. The summed E-state index contributed by atoms with van der Waals surface area (Å²) >= 11 is 1.58. The number of carboxylic acid groups (broad SMARTS) is 1. The van der Waals surface area contributed by atoms with E-state index in [1.807, 2.05) is 12.1 Å². The second-order valence-electron chi connectivity index (χ2n) is 5.06. The van der Waals surface area contributed by atoms with Gasteiger partial charge in [0.1, 0.15) is 0 Å². The highest BCUT2D eigenvalue weighted by molar-refractivity contribution is 7.12. The molecule has 1 heterocycles. The Kier molecular flexibility index (Phi) is 5.15. The van der Waals surface area contributed by atoms with E-state index in [-0.39, 0.29) is 6.42 Å². The summed E-state index contributed by atoms with van der Waals surface area (Å²) in [6, 6.07) is 3.91. The Labute approximate surface area is 107 Å². The van der Waals surface area contributed by atoms with E-state index in [1.54, 1.807) is 11.3 Å². The molecule has 0 fully saturated rings. The van der Waals surface area contributed by atoms with Gasteiger partial charge in [0.25, 0.3) is 0 Å². The van der Waals surface area contributed by atoms with Crippen LogP contribution < -0.4 is 5.32 Å². The van der Waals surface area contributed by atoms with Gasteiger partial charge in [-0.15, -0.1) is 11.3 Å². The molecular formula is C13H21NO2S. The molecule has 0 aliphatic heterocycles. The van der Waals surface area contributed by atoms with E-state index in [4.69, 9.17) is 5.11 Å². The standard InChI is InChI=1S/C13H21NO2S/c1-4-13(2,3)9-14-8-11-6-5-10(17-11)7-12(15)16/h5-6,14H,4,7-9H2,1-3H3,(H,15,16). The van der Waals surface area contributed by atoms with Crippen molar-refractivity contribution in [2.75, 3.05) is 6.54 Å². The quantitative estimate of drug-likeness (QED) is 0.787. The van der Waals surface area contributed by atoms with Crippen LogP contribution in [0.3, 0.4) is 0 Å². The highest BCUT2D eigenvalue weighted by atomic mass is 32.1. The maximum Gasteiger partial charge on any atom is 0.308 e. The topological polar surface area (TPSA) is 49.3 Å². The van der Waals surface area contributed by atoms with Crippen LogP contribution in [0.25, 0.3) is 0 Å². The molecule has 1 aromatic rings. The highest BCUT2D eigenvalue weighted by Crippen LogP contribution is 2.20. The predicted octanol–water partition coefficient (Wildman–Crippen LogP) is 2.90. The van der Waals surface area contributed by atoms with Crippen molar-refractivity contribution in [2.45, 2.75) is 40.2 Å². The number of rotatable bonds is 7. The summed E-state index contributed by atoms with van der Waals surface area (Å²) in [5.41, 5.74) is 0.321. The summed E-state index contributed by atoms with van der Waals surface area (Å²) in [7, 11) is 0. The van der Waals surface area contributed by atoms with E-state index in [2.05, 4.69) is 26.1 Å². The first-order chi connectivity index (χ1) is 7.93. The number of carbonyl (C=O) groups is 1. The van der Waals surface area contributed by atoms with Gasteiger partial charge >= 0.3 is 5.97 Å². The fourth-order valence-electron chi connectivity index (χ4n) is 1.41. The molecule has 17 heavy (non-hydrogen) atoms. The predicted molar refractivity (Wildman–Crippen MR) is 71.4 cm³/mol. The summed E-state index contributed by atoms with van der Waals surface area (Å²) in [4.78, 5) is 12.7. The van der Waals surface area contributed by atoms with Gasteiger partial charge in [-0.05, 0) is 24.0 Å². The van der Waals surface area contributed by atoms with Gasteiger partial charge in [0.2, 0.25) is 0 Å². The van der Waals surface area contributed by atoms with Crippen molar-refractivity contribution in [3.63, 3.8) is 0 Å². The van der Waals surface area contributed by atoms with Gasteiger partial charge in [-0.3, -0.25) is 4.79 Å². The van der Waals surface area contributed by atoms with Gasteiger partial charge in [0.15, 0.2) is 0 Å². The molecule has 0 aromatic carbocycles. The Hall–Kier alpha value is -0.870. The highest BCUT2D eigenvalue weighted by Gasteiger charge is 2.14. The molecule has 1 aromatic heterocycles. The first-order valence-electron chi connectivity index (χ1n) is 5.93. The first kappa shape index (κ1) is 14.2. The van der Waals surface area contributed by atoms with Gasteiger partial charge < -0.3 is 10.4 Å². The summed E-state index contributed by atoms with van der Waals surface area (Å²) in [6.07, 6.45) is 1.28. The lowest BCUT2D eigenvalue weighted by atomic mass is 9.90. The van der Waals surface area contributed by atoms with Gasteiger partial charge in [-0.2, -0.15) is 0 Å². The molecule has 0 aliphatic carbocycles. The van der Waals surface area contributed by atoms with Crippen molar-refractivity contribution in [2.24, 2.45) is 5.41 Å². The molecule has 0 saturated carbocycles. The lowest BCUT2D eigenvalue weighted by Crippen LogP contribution is -2.28. The lowest BCUT2D eigenvalue weighted by molar-refractivity contribution is -0.136. The molecule has 1 rings (SSSR count). The van der Waals surface area contributed by atoms with Crippen LogP contribution in [0.15, 0.2) is 12.1 Å².